The van der Waals surface area contributed by atoms with E-state index < -0.39 is 0 Å². The Balaban J connectivity index is 2.35. The molecule has 3 N–H and O–H groups in total. The number of aromatic amines is 1. The number of hydrogen-bond acceptors (Lipinski definition) is 3. The first-order valence-electron chi connectivity index (χ1n) is 6.10. The molecule has 0 amide bonds. The molecule has 4 nitrogen and oxygen atoms in total. The fraction of sp³-hybridized carbons (Fsp3) is 0.357. The Morgan fingerprint density at radius 3 is 2.72 bits per heavy atom. The number of nitrogens with zero attached hydrogens (tertiary/aromatic N) is 1. The average Bonchev–Trinajstić information content (AvgIpc) is 2.67. The minimum absolute atomic E-state index is 0.466. The summed E-state index contributed by atoms with van der Waals surface area (Å²) in [5, 5.41) is 0. The van der Waals surface area contributed by atoms with Crippen molar-refractivity contribution in [3.05, 3.63) is 40.7 Å². The number of H-pyrrole nitrogens is 1. The van der Waals surface area contributed by atoms with Crippen molar-refractivity contribution in [2.24, 2.45) is 0 Å². The van der Waals surface area contributed by atoms with Crippen molar-refractivity contribution in [1.82, 2.24) is 9.97 Å². The molecule has 1 aromatic heterocycles. The van der Waals surface area contributed by atoms with Crippen LogP contribution in [0.15, 0.2) is 18.2 Å². The molecule has 0 unspecified atom stereocenters. The molecule has 96 valence electrons. The minimum Gasteiger partial charge on any atom is -0.496 e. The van der Waals surface area contributed by atoms with Crippen LogP contribution in [0.4, 0.5) is 5.95 Å². The molecule has 2 rings (SSSR count). The zero-order chi connectivity index (χ0) is 13.1. The van der Waals surface area contributed by atoms with Crippen molar-refractivity contribution in [3.8, 4) is 5.75 Å². The van der Waals surface area contributed by atoms with E-state index >= 15 is 0 Å². The Morgan fingerprint density at radius 2 is 2.17 bits per heavy atom. The highest BCUT2D eigenvalue weighted by atomic mass is 16.5. The summed E-state index contributed by atoms with van der Waals surface area (Å²) >= 11 is 0. The number of ether oxygens (including phenoxy) is 1. The molecule has 0 bridgehead atoms. The monoisotopic (exact) mass is 245 g/mol. The molecule has 18 heavy (non-hydrogen) atoms. The summed E-state index contributed by atoms with van der Waals surface area (Å²) in [7, 11) is 1.69. The molecule has 1 aromatic carbocycles. The maximum Gasteiger partial charge on any atom is 0.197 e. The standard InChI is InChI=1S/C14H19N3O/c1-4-10-5-6-13(18-3)11(7-10)8-12-9(2)16-14(15)17-12/h5-7H,4,8H2,1-3H3,(H3,15,16,17). The van der Waals surface area contributed by atoms with Crippen molar-refractivity contribution < 1.29 is 4.74 Å². The summed E-state index contributed by atoms with van der Waals surface area (Å²) in [4.78, 5) is 7.32. The second-order valence-electron chi connectivity index (χ2n) is 4.37. The Bertz CT molecular complexity index is 546. The Morgan fingerprint density at radius 1 is 1.39 bits per heavy atom. The van der Waals surface area contributed by atoms with Gasteiger partial charge in [0.2, 0.25) is 0 Å². The summed E-state index contributed by atoms with van der Waals surface area (Å²) in [6, 6.07) is 6.27. The molecule has 1 heterocycles. The number of nitrogen functional groups attached to an aromatic ring is 1. The van der Waals surface area contributed by atoms with E-state index in [0.717, 1.165) is 35.5 Å². The fourth-order valence-corrected chi connectivity index (χ4v) is 2.06. The van der Waals surface area contributed by atoms with Gasteiger partial charge in [-0.3, -0.25) is 0 Å². The first-order valence-corrected chi connectivity index (χ1v) is 6.10. The number of methoxy groups -OCH3 is 1. The van der Waals surface area contributed by atoms with Crippen molar-refractivity contribution >= 4 is 5.95 Å². The summed E-state index contributed by atoms with van der Waals surface area (Å²) in [5.41, 5.74) is 10.1. The molecule has 0 spiro atoms. The maximum absolute atomic E-state index is 5.66. The quantitative estimate of drug-likeness (QED) is 0.869. The van der Waals surface area contributed by atoms with Gasteiger partial charge in [0.15, 0.2) is 5.95 Å². The Labute approximate surface area is 107 Å². The lowest BCUT2D eigenvalue weighted by Gasteiger charge is -2.09. The van der Waals surface area contributed by atoms with Gasteiger partial charge in [0.1, 0.15) is 5.75 Å². The Hall–Kier alpha value is -1.97. The van der Waals surface area contributed by atoms with Crippen LogP contribution in [0, 0.1) is 6.92 Å². The number of aromatic nitrogens is 2. The molecular formula is C14H19N3O. The first-order chi connectivity index (χ1) is 8.63. The van der Waals surface area contributed by atoms with E-state index in [1.807, 2.05) is 13.0 Å². The van der Waals surface area contributed by atoms with Gasteiger partial charge in [-0.05, 0) is 25.0 Å². The number of benzene rings is 1. The third kappa shape index (κ3) is 2.47. The van der Waals surface area contributed by atoms with Crippen molar-refractivity contribution in [1.29, 1.82) is 0 Å². The molecule has 0 saturated carbocycles. The minimum atomic E-state index is 0.466. The van der Waals surface area contributed by atoms with Gasteiger partial charge in [-0.1, -0.05) is 19.1 Å². The number of aryl methyl sites for hydroxylation is 2. The van der Waals surface area contributed by atoms with E-state index in [0.29, 0.717) is 5.95 Å². The van der Waals surface area contributed by atoms with Gasteiger partial charge in [-0.2, -0.15) is 0 Å². The summed E-state index contributed by atoms with van der Waals surface area (Å²) in [6.45, 7) is 4.12. The van der Waals surface area contributed by atoms with Crippen molar-refractivity contribution in [3.63, 3.8) is 0 Å². The number of nitrogens with two attached hydrogens (primary N) is 1. The van der Waals surface area contributed by atoms with Gasteiger partial charge in [0.25, 0.3) is 0 Å². The highest BCUT2D eigenvalue weighted by Gasteiger charge is 2.10. The summed E-state index contributed by atoms with van der Waals surface area (Å²) in [6.07, 6.45) is 1.75. The number of anilines is 1. The topological polar surface area (TPSA) is 63.9 Å². The first kappa shape index (κ1) is 12.5. The Kier molecular flexibility index (Phi) is 3.55. The fourth-order valence-electron chi connectivity index (χ4n) is 2.06. The van der Waals surface area contributed by atoms with E-state index in [9.17, 15) is 0 Å². The predicted molar refractivity (Wildman–Crippen MR) is 72.9 cm³/mol. The van der Waals surface area contributed by atoms with Crippen LogP contribution in [-0.2, 0) is 12.8 Å². The molecule has 0 saturated heterocycles. The second-order valence-corrected chi connectivity index (χ2v) is 4.37. The van der Waals surface area contributed by atoms with Crippen molar-refractivity contribution in [2.75, 3.05) is 12.8 Å². The lowest BCUT2D eigenvalue weighted by molar-refractivity contribution is 0.410. The largest absolute Gasteiger partial charge is 0.496 e. The number of imidazole rings is 1. The molecule has 0 atom stereocenters. The lowest BCUT2D eigenvalue weighted by atomic mass is 10.0. The van der Waals surface area contributed by atoms with Crippen LogP contribution in [0.25, 0.3) is 0 Å². The SMILES string of the molecule is CCc1ccc(OC)c(Cc2nc(N)[nH]c2C)c1. The van der Waals surface area contributed by atoms with E-state index in [-0.39, 0.29) is 0 Å². The van der Waals surface area contributed by atoms with Crippen LogP contribution in [-0.4, -0.2) is 17.1 Å². The third-order valence-electron chi connectivity index (χ3n) is 3.11. The predicted octanol–water partition coefficient (Wildman–Crippen LogP) is 2.46. The van der Waals surface area contributed by atoms with Gasteiger partial charge in [-0.15, -0.1) is 0 Å². The van der Waals surface area contributed by atoms with Gasteiger partial charge in [-0.25, -0.2) is 4.98 Å². The highest BCUT2D eigenvalue weighted by molar-refractivity contribution is 5.41. The molecule has 0 fully saturated rings. The van der Waals surface area contributed by atoms with Crippen LogP contribution in [0.2, 0.25) is 0 Å². The van der Waals surface area contributed by atoms with E-state index in [2.05, 4.69) is 29.0 Å². The number of rotatable bonds is 4. The molecule has 4 heteroatoms. The van der Waals surface area contributed by atoms with Gasteiger partial charge >= 0.3 is 0 Å². The lowest BCUT2D eigenvalue weighted by Crippen LogP contribution is -1.97. The number of hydrogen-bond donors (Lipinski definition) is 2. The molecule has 0 aliphatic rings. The van der Waals surface area contributed by atoms with Crippen LogP contribution in [0.3, 0.4) is 0 Å². The molecule has 0 radical (unpaired) electrons. The molecular weight excluding hydrogens is 226 g/mol. The van der Waals surface area contributed by atoms with Gasteiger partial charge in [0.05, 0.1) is 12.8 Å². The smallest absolute Gasteiger partial charge is 0.197 e. The van der Waals surface area contributed by atoms with E-state index in [1.54, 1.807) is 7.11 Å². The molecule has 0 aliphatic carbocycles. The van der Waals surface area contributed by atoms with Crippen LogP contribution >= 0.6 is 0 Å². The average molecular weight is 245 g/mol. The van der Waals surface area contributed by atoms with Gasteiger partial charge in [0, 0.05) is 17.7 Å². The zero-order valence-corrected chi connectivity index (χ0v) is 11.1. The maximum atomic E-state index is 5.66. The van der Waals surface area contributed by atoms with Crippen LogP contribution < -0.4 is 10.5 Å². The van der Waals surface area contributed by atoms with E-state index in [1.165, 1.54) is 5.56 Å². The van der Waals surface area contributed by atoms with Crippen LogP contribution in [0.1, 0.15) is 29.4 Å². The number of nitrogens with one attached hydrogen (secondary N) is 1. The highest BCUT2D eigenvalue weighted by Crippen LogP contribution is 2.24. The normalized spacial score (nSPS) is 10.6. The summed E-state index contributed by atoms with van der Waals surface area (Å²) < 4.78 is 5.39. The molecule has 0 aliphatic heterocycles. The van der Waals surface area contributed by atoms with Gasteiger partial charge < -0.3 is 15.5 Å². The summed E-state index contributed by atoms with van der Waals surface area (Å²) in [5.74, 6) is 1.36. The zero-order valence-electron chi connectivity index (χ0n) is 11.1. The van der Waals surface area contributed by atoms with Crippen LogP contribution in [0.5, 0.6) is 5.75 Å². The second kappa shape index (κ2) is 5.12. The molecule has 2 aromatic rings. The van der Waals surface area contributed by atoms with Crippen molar-refractivity contribution in [2.45, 2.75) is 26.7 Å². The third-order valence-corrected chi connectivity index (χ3v) is 3.11. The van der Waals surface area contributed by atoms with E-state index in [4.69, 9.17) is 10.5 Å².